The molecule has 5 rings (SSSR count). The van der Waals surface area contributed by atoms with E-state index >= 15 is 4.39 Å². The smallest absolute Gasteiger partial charge is 0.201 e. The van der Waals surface area contributed by atoms with Gasteiger partial charge in [-0.15, -0.1) is 0 Å². The number of halogens is 2. The number of nitrogens with one attached hydrogen (secondary N) is 3. The molecule has 3 N–H and O–H groups in total. The summed E-state index contributed by atoms with van der Waals surface area (Å²) >= 11 is 1.20. The highest BCUT2D eigenvalue weighted by molar-refractivity contribution is 7.98. The Hall–Kier alpha value is -2.76. The molecule has 1 saturated carbocycles. The van der Waals surface area contributed by atoms with Gasteiger partial charge in [-0.1, -0.05) is 0 Å². The van der Waals surface area contributed by atoms with Gasteiger partial charge in [0.05, 0.1) is 35.4 Å². The molecule has 0 radical (unpaired) electrons. The van der Waals surface area contributed by atoms with E-state index in [0.717, 1.165) is 25.5 Å². The number of nitrogens with zero attached hydrogens (tertiary/aromatic N) is 3. The summed E-state index contributed by atoms with van der Waals surface area (Å²) in [5, 5.41) is 3.67. The number of benzene rings is 1. The van der Waals surface area contributed by atoms with Crippen LogP contribution in [-0.2, 0) is 4.74 Å². The molecule has 0 unspecified atom stereocenters. The zero-order valence-electron chi connectivity index (χ0n) is 17.2. The van der Waals surface area contributed by atoms with E-state index in [1.807, 2.05) is 4.31 Å². The van der Waals surface area contributed by atoms with Crippen molar-refractivity contribution in [3.63, 3.8) is 0 Å². The van der Waals surface area contributed by atoms with Crippen molar-refractivity contribution in [3.05, 3.63) is 47.4 Å². The van der Waals surface area contributed by atoms with Crippen LogP contribution in [-0.4, -0.2) is 57.9 Å². The molecular formula is C21H22F2N6O2S. The third kappa shape index (κ3) is 4.27. The number of carbonyl (C=O) groups is 1. The number of hydrogen-bond donors (Lipinski definition) is 3. The molecule has 2 aromatic heterocycles. The van der Waals surface area contributed by atoms with Gasteiger partial charge in [-0.25, -0.2) is 23.1 Å². The fourth-order valence-corrected chi connectivity index (χ4v) is 4.28. The Balaban J connectivity index is 1.44. The highest BCUT2D eigenvalue weighted by Gasteiger charge is 2.27. The maximum atomic E-state index is 15.3. The van der Waals surface area contributed by atoms with Crippen LogP contribution in [0.15, 0.2) is 24.7 Å². The lowest BCUT2D eigenvalue weighted by molar-refractivity contribution is 0.0775. The van der Waals surface area contributed by atoms with Crippen molar-refractivity contribution in [2.24, 2.45) is 5.92 Å². The molecule has 1 aliphatic carbocycles. The van der Waals surface area contributed by atoms with Crippen LogP contribution in [0.3, 0.4) is 0 Å². The zero-order valence-corrected chi connectivity index (χ0v) is 18.0. The number of aromatic amines is 1. The quantitative estimate of drug-likeness (QED) is 0.347. The number of ether oxygens (including phenoxy) is 1. The maximum Gasteiger partial charge on any atom is 0.201 e. The summed E-state index contributed by atoms with van der Waals surface area (Å²) in [4.78, 5) is 24.6. The first-order valence-electron chi connectivity index (χ1n) is 10.5. The molecule has 168 valence electrons. The van der Waals surface area contributed by atoms with Crippen LogP contribution >= 0.6 is 12.1 Å². The van der Waals surface area contributed by atoms with Crippen LogP contribution in [0.25, 0.3) is 11.0 Å². The van der Waals surface area contributed by atoms with E-state index in [1.54, 1.807) is 0 Å². The average Bonchev–Trinajstić information content (AvgIpc) is 3.54. The second kappa shape index (κ2) is 9.00. The Morgan fingerprint density at radius 1 is 1.25 bits per heavy atom. The molecule has 1 aromatic carbocycles. The van der Waals surface area contributed by atoms with Crippen molar-refractivity contribution < 1.29 is 18.3 Å². The van der Waals surface area contributed by atoms with Gasteiger partial charge < -0.3 is 19.8 Å². The first-order chi connectivity index (χ1) is 15.6. The van der Waals surface area contributed by atoms with E-state index in [4.69, 9.17) is 4.74 Å². The van der Waals surface area contributed by atoms with Gasteiger partial charge in [-0.3, -0.25) is 4.79 Å². The fourth-order valence-electron chi connectivity index (χ4n) is 3.56. The first-order valence-corrected chi connectivity index (χ1v) is 11.2. The Morgan fingerprint density at radius 2 is 2.06 bits per heavy atom. The highest BCUT2D eigenvalue weighted by Crippen LogP contribution is 2.32. The van der Waals surface area contributed by atoms with Crippen LogP contribution < -0.4 is 10.0 Å². The number of ketones is 1. The second-order valence-corrected chi connectivity index (χ2v) is 8.72. The number of hydrogen-bond acceptors (Lipinski definition) is 8. The minimum absolute atomic E-state index is 0.0365. The van der Waals surface area contributed by atoms with E-state index < -0.39 is 23.0 Å². The predicted molar refractivity (Wildman–Crippen MR) is 118 cm³/mol. The van der Waals surface area contributed by atoms with E-state index in [-0.39, 0.29) is 11.3 Å². The molecule has 0 bridgehead atoms. The Labute approximate surface area is 187 Å². The number of fused-ring (bicyclic) bond motifs is 1. The average molecular weight is 461 g/mol. The molecule has 1 saturated heterocycles. The number of carbonyl (C=O) groups excluding carboxylic acids is 1. The van der Waals surface area contributed by atoms with E-state index in [1.165, 1.54) is 30.7 Å². The number of H-pyrrole nitrogens is 1. The lowest BCUT2D eigenvalue weighted by Crippen LogP contribution is -2.32. The second-order valence-electron chi connectivity index (χ2n) is 7.82. The largest absolute Gasteiger partial charge is 0.379 e. The molecule has 0 amide bonds. The van der Waals surface area contributed by atoms with Crippen molar-refractivity contribution in [1.82, 2.24) is 19.3 Å². The van der Waals surface area contributed by atoms with Crippen LogP contribution in [0, 0.1) is 17.6 Å². The minimum Gasteiger partial charge on any atom is -0.379 e. The zero-order chi connectivity index (χ0) is 22.1. The predicted octanol–water partition coefficient (Wildman–Crippen LogP) is 3.60. The summed E-state index contributed by atoms with van der Waals surface area (Å²) in [5.41, 5.74) is -0.0285. The summed E-state index contributed by atoms with van der Waals surface area (Å²) in [6, 6.07) is 2.38. The number of rotatable bonds is 8. The van der Waals surface area contributed by atoms with Crippen LogP contribution in [0.1, 0.15) is 28.8 Å². The van der Waals surface area contributed by atoms with Crippen molar-refractivity contribution in [2.75, 3.05) is 42.9 Å². The van der Waals surface area contributed by atoms with Gasteiger partial charge >= 0.3 is 0 Å². The Kier molecular flexibility index (Phi) is 5.94. The van der Waals surface area contributed by atoms with Crippen molar-refractivity contribution in [1.29, 1.82) is 0 Å². The molecule has 0 atom stereocenters. The molecule has 11 heteroatoms. The lowest BCUT2D eigenvalue weighted by Gasteiger charge is -2.25. The summed E-state index contributed by atoms with van der Waals surface area (Å²) in [7, 11) is 0. The van der Waals surface area contributed by atoms with Crippen molar-refractivity contribution in [3.8, 4) is 0 Å². The van der Waals surface area contributed by atoms with E-state index in [0.29, 0.717) is 49.1 Å². The fraction of sp³-hybridized carbons (Fsp3) is 0.381. The molecular weight excluding hydrogens is 438 g/mol. The van der Waals surface area contributed by atoms with Gasteiger partial charge in [0.1, 0.15) is 23.6 Å². The molecule has 2 fully saturated rings. The topological polar surface area (TPSA) is 95.2 Å². The van der Waals surface area contributed by atoms with E-state index in [2.05, 4.69) is 25.0 Å². The summed E-state index contributed by atoms with van der Waals surface area (Å²) in [5.74, 6) is -1.57. The molecule has 1 aliphatic heterocycles. The molecule has 32 heavy (non-hydrogen) atoms. The number of anilines is 2. The number of morpholine rings is 1. The third-order valence-electron chi connectivity index (χ3n) is 5.54. The maximum absolute atomic E-state index is 15.3. The normalized spacial score (nSPS) is 16.9. The lowest BCUT2D eigenvalue weighted by atomic mass is 10.0. The van der Waals surface area contributed by atoms with E-state index in [9.17, 15) is 9.18 Å². The monoisotopic (exact) mass is 460 g/mol. The van der Waals surface area contributed by atoms with Gasteiger partial charge in [0.25, 0.3) is 0 Å². The van der Waals surface area contributed by atoms with Gasteiger partial charge in [0.15, 0.2) is 5.82 Å². The van der Waals surface area contributed by atoms with Gasteiger partial charge in [0.2, 0.25) is 5.78 Å². The molecule has 2 aliphatic rings. The summed E-state index contributed by atoms with van der Waals surface area (Å²) in [6.07, 6.45) is 5.11. The van der Waals surface area contributed by atoms with Crippen molar-refractivity contribution in [2.45, 2.75) is 12.8 Å². The van der Waals surface area contributed by atoms with Gasteiger partial charge in [-0.05, 0) is 30.9 Å². The standard InChI is InChI=1S/C21H22F2N6O2S/c22-14-3-4-15(28-32-29-5-7-31-8-6-29)18(23)17(14)19(30)13-10-25-21-16(13)20(26-11-27-21)24-9-12-1-2-12/h3-4,10-12,28H,1-2,5-9H2,(H2,24,25,26,27). The van der Waals surface area contributed by atoms with Crippen molar-refractivity contribution >= 4 is 40.5 Å². The van der Waals surface area contributed by atoms with Crippen LogP contribution in [0.5, 0.6) is 0 Å². The summed E-state index contributed by atoms with van der Waals surface area (Å²) in [6.45, 7) is 3.26. The molecule has 0 spiro atoms. The highest BCUT2D eigenvalue weighted by atomic mass is 32.2. The number of aromatic nitrogens is 3. The van der Waals surface area contributed by atoms with Gasteiger partial charge in [0, 0.05) is 38.0 Å². The van der Waals surface area contributed by atoms with Crippen LogP contribution in [0.4, 0.5) is 20.3 Å². The van der Waals surface area contributed by atoms with Gasteiger partial charge in [-0.2, -0.15) is 0 Å². The third-order valence-corrected chi connectivity index (χ3v) is 6.48. The molecule has 8 nitrogen and oxygen atoms in total. The molecule has 3 heterocycles. The minimum atomic E-state index is -0.936. The Morgan fingerprint density at radius 3 is 2.84 bits per heavy atom. The molecule has 3 aromatic rings. The SMILES string of the molecule is O=C(c1c(F)ccc(NSN2CCOCC2)c1F)c1c[nH]c2ncnc(NCC3CC3)c12. The summed E-state index contributed by atoms with van der Waals surface area (Å²) < 4.78 is 40.1. The van der Waals surface area contributed by atoms with Crippen LogP contribution in [0.2, 0.25) is 0 Å². The Bertz CT molecular complexity index is 1150. The first kappa shape index (κ1) is 21.1.